The smallest absolute Gasteiger partial charge is 0.251 e. The van der Waals surface area contributed by atoms with Gasteiger partial charge in [-0.3, -0.25) is 4.79 Å². The first-order valence-electron chi connectivity index (χ1n) is 7.15. The third-order valence-corrected chi connectivity index (χ3v) is 3.89. The standard InChI is InChI=1S/C15H19N5O.ClH/c1-10-6-12(4-5-14(10)20-9-17-8-18-20)15(21)19-13(7-16)11-2-3-11;/h4-6,8-9,11,13H,2-3,7,16H2,1H3,(H,19,21);1H. The molecule has 118 valence electrons. The molecule has 1 aliphatic carbocycles. The van der Waals surface area contributed by atoms with Gasteiger partial charge in [-0.1, -0.05) is 0 Å². The van der Waals surface area contributed by atoms with Crippen molar-refractivity contribution in [3.05, 3.63) is 42.0 Å². The van der Waals surface area contributed by atoms with Gasteiger partial charge in [-0.05, 0) is 49.4 Å². The molecule has 7 heteroatoms. The Balaban J connectivity index is 0.00000176. The number of aromatic nitrogens is 3. The lowest BCUT2D eigenvalue weighted by Gasteiger charge is -2.16. The summed E-state index contributed by atoms with van der Waals surface area (Å²) in [5.41, 5.74) is 8.27. The zero-order valence-corrected chi connectivity index (χ0v) is 13.2. The Bertz CT molecular complexity index is 639. The maximum absolute atomic E-state index is 12.3. The summed E-state index contributed by atoms with van der Waals surface area (Å²) in [5, 5.41) is 7.13. The van der Waals surface area contributed by atoms with Crippen molar-refractivity contribution < 1.29 is 4.79 Å². The number of hydrogen-bond donors (Lipinski definition) is 2. The fraction of sp³-hybridized carbons (Fsp3) is 0.400. The van der Waals surface area contributed by atoms with E-state index in [0.717, 1.165) is 24.1 Å². The second kappa shape index (κ2) is 6.89. The highest BCUT2D eigenvalue weighted by Gasteiger charge is 2.31. The molecule has 6 nitrogen and oxygen atoms in total. The number of nitrogens with zero attached hydrogens (tertiary/aromatic N) is 3. The highest BCUT2D eigenvalue weighted by molar-refractivity contribution is 5.94. The summed E-state index contributed by atoms with van der Waals surface area (Å²) in [5.74, 6) is 0.486. The van der Waals surface area contributed by atoms with Gasteiger partial charge in [0.1, 0.15) is 12.7 Å². The van der Waals surface area contributed by atoms with E-state index in [1.165, 1.54) is 6.33 Å². The van der Waals surface area contributed by atoms with Crippen molar-refractivity contribution in [2.24, 2.45) is 11.7 Å². The first-order chi connectivity index (χ1) is 10.2. The summed E-state index contributed by atoms with van der Waals surface area (Å²) >= 11 is 0. The molecule has 1 unspecified atom stereocenters. The van der Waals surface area contributed by atoms with Crippen LogP contribution in [0.4, 0.5) is 0 Å². The molecular formula is C15H20ClN5O. The second-order valence-corrected chi connectivity index (χ2v) is 5.49. The third-order valence-electron chi connectivity index (χ3n) is 3.89. The van der Waals surface area contributed by atoms with Crippen molar-refractivity contribution in [3.8, 4) is 5.69 Å². The van der Waals surface area contributed by atoms with Gasteiger partial charge in [0.25, 0.3) is 5.91 Å². The highest BCUT2D eigenvalue weighted by atomic mass is 35.5. The van der Waals surface area contributed by atoms with Gasteiger partial charge < -0.3 is 11.1 Å². The monoisotopic (exact) mass is 321 g/mol. The van der Waals surface area contributed by atoms with E-state index in [9.17, 15) is 4.79 Å². The molecule has 1 atom stereocenters. The molecule has 1 heterocycles. The highest BCUT2D eigenvalue weighted by Crippen LogP contribution is 2.32. The van der Waals surface area contributed by atoms with E-state index >= 15 is 0 Å². The quantitative estimate of drug-likeness (QED) is 0.873. The fourth-order valence-corrected chi connectivity index (χ4v) is 2.51. The van der Waals surface area contributed by atoms with Gasteiger partial charge in [-0.15, -0.1) is 12.4 Å². The molecule has 3 N–H and O–H groups in total. The van der Waals surface area contributed by atoms with Gasteiger partial charge in [0, 0.05) is 18.2 Å². The molecule has 1 aromatic heterocycles. The Labute approximate surface area is 135 Å². The van der Waals surface area contributed by atoms with Crippen LogP contribution in [0, 0.1) is 12.8 Å². The lowest BCUT2D eigenvalue weighted by atomic mass is 10.1. The van der Waals surface area contributed by atoms with Crippen LogP contribution in [0.3, 0.4) is 0 Å². The van der Waals surface area contributed by atoms with Crippen LogP contribution in [0.25, 0.3) is 5.69 Å². The summed E-state index contributed by atoms with van der Waals surface area (Å²) in [6.07, 6.45) is 5.44. The summed E-state index contributed by atoms with van der Waals surface area (Å²) in [7, 11) is 0. The molecule has 0 spiro atoms. The predicted molar refractivity (Wildman–Crippen MR) is 86.4 cm³/mol. The van der Waals surface area contributed by atoms with E-state index in [-0.39, 0.29) is 24.4 Å². The molecule has 1 aliphatic rings. The van der Waals surface area contributed by atoms with Crippen molar-refractivity contribution in [1.29, 1.82) is 0 Å². The molecule has 0 bridgehead atoms. The van der Waals surface area contributed by atoms with Gasteiger partial charge in [0.05, 0.1) is 5.69 Å². The Morgan fingerprint density at radius 3 is 2.82 bits per heavy atom. The molecule has 1 fully saturated rings. The number of rotatable bonds is 5. The van der Waals surface area contributed by atoms with Crippen LogP contribution in [-0.2, 0) is 0 Å². The van der Waals surface area contributed by atoms with Crippen LogP contribution in [0.5, 0.6) is 0 Å². The molecule has 2 aromatic rings. The minimum absolute atomic E-state index is 0. The third kappa shape index (κ3) is 3.45. The van der Waals surface area contributed by atoms with Crippen LogP contribution in [0.2, 0.25) is 0 Å². The van der Waals surface area contributed by atoms with Crippen molar-refractivity contribution in [2.75, 3.05) is 6.54 Å². The molecule has 0 radical (unpaired) electrons. The number of nitrogens with one attached hydrogen (secondary N) is 1. The van der Waals surface area contributed by atoms with Crippen LogP contribution in [-0.4, -0.2) is 33.3 Å². The number of carbonyl (C=O) groups is 1. The summed E-state index contributed by atoms with van der Waals surface area (Å²) in [6, 6.07) is 5.65. The zero-order valence-electron chi connectivity index (χ0n) is 12.4. The van der Waals surface area contributed by atoms with Crippen molar-refractivity contribution >= 4 is 18.3 Å². The van der Waals surface area contributed by atoms with Gasteiger partial charge in [-0.2, -0.15) is 5.10 Å². The van der Waals surface area contributed by atoms with Crippen LogP contribution < -0.4 is 11.1 Å². The second-order valence-electron chi connectivity index (χ2n) is 5.49. The molecule has 22 heavy (non-hydrogen) atoms. The zero-order chi connectivity index (χ0) is 14.8. The minimum atomic E-state index is -0.0643. The number of nitrogens with two attached hydrogens (primary N) is 1. The average molecular weight is 322 g/mol. The van der Waals surface area contributed by atoms with Gasteiger partial charge in [-0.25, -0.2) is 9.67 Å². The molecule has 3 rings (SSSR count). The molecule has 0 aliphatic heterocycles. The maximum atomic E-state index is 12.3. The van der Waals surface area contributed by atoms with E-state index < -0.39 is 0 Å². The Hall–Kier alpha value is -1.92. The van der Waals surface area contributed by atoms with Crippen molar-refractivity contribution in [2.45, 2.75) is 25.8 Å². The summed E-state index contributed by atoms with van der Waals surface area (Å²) in [4.78, 5) is 16.2. The Morgan fingerprint density at radius 2 is 2.27 bits per heavy atom. The van der Waals surface area contributed by atoms with Crippen LogP contribution in [0.15, 0.2) is 30.9 Å². The average Bonchev–Trinajstić information content (AvgIpc) is 3.19. The minimum Gasteiger partial charge on any atom is -0.348 e. The van der Waals surface area contributed by atoms with Crippen molar-refractivity contribution in [3.63, 3.8) is 0 Å². The number of carbonyl (C=O) groups excluding carboxylic acids is 1. The summed E-state index contributed by atoms with van der Waals surface area (Å²) in [6.45, 7) is 2.45. The Kier molecular flexibility index (Phi) is 5.15. The van der Waals surface area contributed by atoms with E-state index in [4.69, 9.17) is 5.73 Å². The molecule has 0 saturated heterocycles. The summed E-state index contributed by atoms with van der Waals surface area (Å²) < 4.78 is 1.68. The van der Waals surface area contributed by atoms with Crippen molar-refractivity contribution in [1.82, 2.24) is 20.1 Å². The van der Waals surface area contributed by atoms with Gasteiger partial charge in [0.15, 0.2) is 0 Å². The lowest BCUT2D eigenvalue weighted by molar-refractivity contribution is 0.0933. The molecular weight excluding hydrogens is 302 g/mol. The van der Waals surface area contributed by atoms with E-state index in [2.05, 4.69) is 15.4 Å². The first kappa shape index (κ1) is 16.5. The van der Waals surface area contributed by atoms with Crippen LogP contribution >= 0.6 is 12.4 Å². The molecule has 1 amide bonds. The van der Waals surface area contributed by atoms with Crippen LogP contribution in [0.1, 0.15) is 28.8 Å². The SMILES string of the molecule is Cc1cc(C(=O)NC(CN)C2CC2)ccc1-n1cncn1.Cl. The number of amides is 1. The number of hydrogen-bond acceptors (Lipinski definition) is 4. The van der Waals surface area contributed by atoms with E-state index in [1.54, 1.807) is 17.1 Å². The lowest BCUT2D eigenvalue weighted by Crippen LogP contribution is -2.41. The number of halogens is 1. The predicted octanol–water partition coefficient (Wildman–Crippen LogP) is 1.46. The van der Waals surface area contributed by atoms with E-state index in [1.807, 2.05) is 19.1 Å². The van der Waals surface area contributed by atoms with Gasteiger partial charge in [0.2, 0.25) is 0 Å². The number of aryl methyl sites for hydroxylation is 1. The topological polar surface area (TPSA) is 85.8 Å². The van der Waals surface area contributed by atoms with E-state index in [0.29, 0.717) is 18.0 Å². The maximum Gasteiger partial charge on any atom is 0.251 e. The molecule has 1 saturated carbocycles. The fourth-order valence-electron chi connectivity index (χ4n) is 2.51. The Morgan fingerprint density at radius 1 is 1.50 bits per heavy atom. The first-order valence-corrected chi connectivity index (χ1v) is 7.15. The molecule has 1 aromatic carbocycles. The number of benzene rings is 1. The van der Waals surface area contributed by atoms with Gasteiger partial charge >= 0.3 is 0 Å². The normalized spacial score (nSPS) is 15.0. The largest absolute Gasteiger partial charge is 0.348 e.